The maximum atomic E-state index is 12.9. The molecule has 3 heterocycles. The Morgan fingerprint density at radius 2 is 1.88 bits per heavy atom. The Morgan fingerprint density at radius 1 is 1.00 bits per heavy atom. The summed E-state index contributed by atoms with van der Waals surface area (Å²) in [5, 5.41) is 7.91. The Bertz CT molecular complexity index is 1510. The van der Waals surface area contributed by atoms with Gasteiger partial charge in [0.15, 0.2) is 11.5 Å². The molecule has 8 nitrogen and oxygen atoms in total. The molecule has 8 heteroatoms. The van der Waals surface area contributed by atoms with Crippen LogP contribution in [0.5, 0.6) is 11.6 Å². The molecule has 0 aliphatic carbocycles. The molecule has 1 amide bonds. The smallest absolute Gasteiger partial charge is 0.255 e. The maximum absolute atomic E-state index is 12.9. The van der Waals surface area contributed by atoms with E-state index in [9.17, 15) is 4.79 Å². The molecule has 0 fully saturated rings. The van der Waals surface area contributed by atoms with E-state index >= 15 is 0 Å². The first-order chi connectivity index (χ1) is 16.5. The van der Waals surface area contributed by atoms with Gasteiger partial charge >= 0.3 is 0 Å². The monoisotopic (exact) mass is 450 g/mol. The van der Waals surface area contributed by atoms with Crippen LogP contribution in [0.15, 0.2) is 73.2 Å². The highest BCUT2D eigenvalue weighted by Crippen LogP contribution is 2.32. The zero-order chi connectivity index (χ0) is 23.7. The molecule has 5 rings (SSSR count). The van der Waals surface area contributed by atoms with Gasteiger partial charge in [0, 0.05) is 36.3 Å². The molecule has 3 aromatic heterocycles. The number of ether oxygens (including phenoxy) is 1. The summed E-state index contributed by atoms with van der Waals surface area (Å²) in [4.78, 5) is 26.3. The van der Waals surface area contributed by atoms with Crippen LogP contribution in [0.25, 0.3) is 22.4 Å². The van der Waals surface area contributed by atoms with Crippen LogP contribution in [0.4, 0.5) is 5.69 Å². The van der Waals surface area contributed by atoms with Crippen LogP contribution >= 0.6 is 0 Å². The van der Waals surface area contributed by atoms with Gasteiger partial charge in [0.1, 0.15) is 11.1 Å². The molecule has 34 heavy (non-hydrogen) atoms. The van der Waals surface area contributed by atoms with Gasteiger partial charge in [-0.15, -0.1) is 0 Å². The predicted octanol–water partition coefficient (Wildman–Crippen LogP) is 5.09. The highest BCUT2D eigenvalue weighted by atomic mass is 16.5. The second-order valence-corrected chi connectivity index (χ2v) is 8.01. The second-order valence-electron chi connectivity index (χ2n) is 8.01. The van der Waals surface area contributed by atoms with Crippen LogP contribution < -0.4 is 10.1 Å². The van der Waals surface area contributed by atoms with E-state index in [0.29, 0.717) is 34.1 Å². The number of amides is 1. The van der Waals surface area contributed by atoms with Crippen molar-refractivity contribution in [2.24, 2.45) is 7.05 Å². The number of nitrogens with one attached hydrogen (secondary N) is 1. The van der Waals surface area contributed by atoms with E-state index in [-0.39, 0.29) is 5.91 Å². The van der Waals surface area contributed by atoms with E-state index < -0.39 is 0 Å². The first-order valence-corrected chi connectivity index (χ1v) is 10.7. The average Bonchev–Trinajstić information content (AvgIpc) is 3.22. The number of fused-ring (bicyclic) bond motifs is 1. The highest BCUT2D eigenvalue weighted by Gasteiger charge is 2.17. The highest BCUT2D eigenvalue weighted by molar-refractivity contribution is 6.04. The summed E-state index contributed by atoms with van der Waals surface area (Å²) in [7, 11) is 1.81. The molecular weight excluding hydrogens is 428 g/mol. The summed E-state index contributed by atoms with van der Waals surface area (Å²) in [6.45, 7) is 3.90. The van der Waals surface area contributed by atoms with Crippen LogP contribution in [-0.4, -0.2) is 30.6 Å². The number of aromatic nitrogens is 5. The van der Waals surface area contributed by atoms with Gasteiger partial charge in [-0.1, -0.05) is 18.2 Å². The Kier molecular flexibility index (Phi) is 5.47. The molecule has 5 aromatic rings. The molecule has 0 spiro atoms. The summed E-state index contributed by atoms with van der Waals surface area (Å²) in [5.41, 5.74) is 4.55. The van der Waals surface area contributed by atoms with Crippen molar-refractivity contribution in [2.45, 2.75) is 13.8 Å². The third kappa shape index (κ3) is 4.21. The van der Waals surface area contributed by atoms with Gasteiger partial charge in [-0.3, -0.25) is 14.5 Å². The van der Waals surface area contributed by atoms with Crippen molar-refractivity contribution in [2.75, 3.05) is 5.32 Å². The lowest BCUT2D eigenvalue weighted by molar-refractivity contribution is 0.102. The number of rotatable bonds is 5. The van der Waals surface area contributed by atoms with Gasteiger partial charge < -0.3 is 10.1 Å². The van der Waals surface area contributed by atoms with E-state index in [2.05, 4.69) is 25.4 Å². The molecule has 1 N–H and O–H groups in total. The lowest BCUT2D eigenvalue weighted by Crippen LogP contribution is -2.12. The Labute approximate surface area is 196 Å². The third-order valence-corrected chi connectivity index (χ3v) is 5.41. The van der Waals surface area contributed by atoms with Crippen molar-refractivity contribution >= 4 is 22.6 Å². The van der Waals surface area contributed by atoms with Gasteiger partial charge in [0.05, 0.1) is 6.20 Å². The molecule has 0 bridgehead atoms. The van der Waals surface area contributed by atoms with Crippen LogP contribution in [0.3, 0.4) is 0 Å². The van der Waals surface area contributed by atoms with Crippen LogP contribution in [0.1, 0.15) is 21.5 Å². The third-order valence-electron chi connectivity index (χ3n) is 5.41. The molecule has 0 saturated heterocycles. The zero-order valence-electron chi connectivity index (χ0n) is 19.0. The zero-order valence-corrected chi connectivity index (χ0v) is 19.0. The number of anilines is 1. The second kappa shape index (κ2) is 8.74. The topological polar surface area (TPSA) is 94.8 Å². The minimum atomic E-state index is -0.222. The summed E-state index contributed by atoms with van der Waals surface area (Å²) in [6.07, 6.45) is 5.06. The summed E-state index contributed by atoms with van der Waals surface area (Å²) >= 11 is 0. The SMILES string of the molecule is Cc1cccc(NC(=O)c2ccc(C)c(Oc3nc(-c4cccnc4)nc4c3cnn4C)c2)c1. The number of pyridine rings is 1. The first kappa shape index (κ1) is 21.3. The molecule has 0 atom stereocenters. The van der Waals surface area contributed by atoms with E-state index in [4.69, 9.17) is 4.74 Å². The molecule has 0 aliphatic rings. The van der Waals surface area contributed by atoms with E-state index in [1.54, 1.807) is 35.4 Å². The summed E-state index contributed by atoms with van der Waals surface area (Å²) in [6, 6.07) is 16.7. The number of carbonyl (C=O) groups excluding carboxylic acids is 1. The fourth-order valence-electron chi connectivity index (χ4n) is 3.58. The number of carbonyl (C=O) groups is 1. The van der Waals surface area contributed by atoms with Crippen molar-refractivity contribution in [1.82, 2.24) is 24.7 Å². The summed E-state index contributed by atoms with van der Waals surface area (Å²) < 4.78 is 7.92. The number of aryl methyl sites for hydroxylation is 3. The Balaban J connectivity index is 1.51. The van der Waals surface area contributed by atoms with Gasteiger partial charge in [-0.05, 0) is 61.4 Å². The minimum Gasteiger partial charge on any atom is -0.438 e. The molecule has 0 radical (unpaired) electrons. The maximum Gasteiger partial charge on any atom is 0.255 e. The van der Waals surface area contributed by atoms with E-state index in [1.807, 2.05) is 63.4 Å². The fourth-order valence-corrected chi connectivity index (χ4v) is 3.58. The molecule has 0 unspecified atom stereocenters. The quantitative estimate of drug-likeness (QED) is 0.401. The Hall–Kier alpha value is -4.59. The lowest BCUT2D eigenvalue weighted by atomic mass is 10.1. The van der Waals surface area contributed by atoms with Gasteiger partial charge in [-0.25, -0.2) is 4.98 Å². The molecular formula is C26H22N6O2. The fraction of sp³-hybridized carbons (Fsp3) is 0.115. The minimum absolute atomic E-state index is 0.222. The van der Waals surface area contributed by atoms with E-state index in [1.165, 1.54) is 0 Å². The van der Waals surface area contributed by atoms with Crippen LogP contribution in [0, 0.1) is 13.8 Å². The van der Waals surface area contributed by atoms with E-state index in [0.717, 1.165) is 22.4 Å². The number of hydrogen-bond donors (Lipinski definition) is 1. The normalized spacial score (nSPS) is 10.9. The predicted molar refractivity (Wildman–Crippen MR) is 130 cm³/mol. The van der Waals surface area contributed by atoms with Gasteiger partial charge in [0.2, 0.25) is 5.88 Å². The Morgan fingerprint density at radius 3 is 2.68 bits per heavy atom. The molecule has 168 valence electrons. The molecule has 0 saturated carbocycles. The largest absolute Gasteiger partial charge is 0.438 e. The van der Waals surface area contributed by atoms with Crippen molar-refractivity contribution in [3.05, 3.63) is 89.9 Å². The van der Waals surface area contributed by atoms with Crippen molar-refractivity contribution in [3.8, 4) is 23.0 Å². The molecule has 0 aliphatic heterocycles. The first-order valence-electron chi connectivity index (χ1n) is 10.7. The van der Waals surface area contributed by atoms with Gasteiger partial charge in [0.25, 0.3) is 5.91 Å². The van der Waals surface area contributed by atoms with Crippen molar-refractivity contribution < 1.29 is 9.53 Å². The van der Waals surface area contributed by atoms with Crippen LogP contribution in [0.2, 0.25) is 0 Å². The number of benzene rings is 2. The lowest BCUT2D eigenvalue weighted by Gasteiger charge is -2.12. The van der Waals surface area contributed by atoms with Crippen molar-refractivity contribution in [3.63, 3.8) is 0 Å². The molecule has 2 aromatic carbocycles. The standard InChI is InChI=1S/C26H22N6O2/c1-16-6-4-8-20(12-16)29-25(33)18-10-9-17(2)22(13-18)34-26-21-15-28-32(3)24(21)30-23(31-26)19-7-5-11-27-14-19/h4-15H,1-3H3,(H,29,33). The van der Waals surface area contributed by atoms with Crippen molar-refractivity contribution in [1.29, 1.82) is 0 Å². The van der Waals surface area contributed by atoms with Crippen LogP contribution in [-0.2, 0) is 7.05 Å². The number of nitrogens with zero attached hydrogens (tertiary/aromatic N) is 5. The van der Waals surface area contributed by atoms with Gasteiger partial charge in [-0.2, -0.15) is 10.1 Å². The number of hydrogen-bond acceptors (Lipinski definition) is 6. The average molecular weight is 451 g/mol. The summed E-state index contributed by atoms with van der Waals surface area (Å²) in [5.74, 6) is 1.14.